The molecule has 0 radical (unpaired) electrons. The lowest BCUT2D eigenvalue weighted by Gasteiger charge is -2.49. The van der Waals surface area contributed by atoms with Crippen LogP contribution in [0.1, 0.15) is 35.9 Å². The van der Waals surface area contributed by atoms with Crippen molar-refractivity contribution >= 4 is 0 Å². The van der Waals surface area contributed by atoms with Crippen LogP contribution in [0.15, 0.2) is 30.6 Å². The first-order valence-electron chi connectivity index (χ1n) is 8.48. The number of H-pyrrole nitrogens is 1. The summed E-state index contributed by atoms with van der Waals surface area (Å²) in [5.41, 5.74) is 2.87. The molecule has 2 N–H and O–H groups in total. The topological polar surface area (TPSA) is 61.4 Å². The Morgan fingerprint density at radius 1 is 1.29 bits per heavy atom. The van der Waals surface area contributed by atoms with Crippen molar-refractivity contribution in [1.82, 2.24) is 14.9 Å². The number of aliphatic hydroxyl groups excluding tert-OH is 1. The van der Waals surface area contributed by atoms with Gasteiger partial charge in [-0.05, 0) is 30.5 Å². The largest absolute Gasteiger partial charge is 0.387 e. The van der Waals surface area contributed by atoms with E-state index >= 15 is 0 Å². The molecule has 0 saturated carbocycles. The Hall–Kier alpha value is -1.76. The Balaban J connectivity index is 1.60. The molecular weight excluding hydrogens is 309 g/mol. The predicted molar refractivity (Wildman–Crippen MR) is 87.0 cm³/mol. The van der Waals surface area contributed by atoms with Crippen molar-refractivity contribution in [3.8, 4) is 0 Å². The molecule has 2 aliphatic heterocycles. The van der Waals surface area contributed by atoms with Gasteiger partial charge in [0.15, 0.2) is 0 Å². The van der Waals surface area contributed by atoms with E-state index in [1.54, 1.807) is 18.5 Å². The Morgan fingerprint density at radius 2 is 2.04 bits per heavy atom. The van der Waals surface area contributed by atoms with Crippen LogP contribution in [-0.4, -0.2) is 46.3 Å². The summed E-state index contributed by atoms with van der Waals surface area (Å²) in [7, 11) is 0. The zero-order valence-corrected chi connectivity index (χ0v) is 13.5. The van der Waals surface area contributed by atoms with Crippen molar-refractivity contribution < 1.29 is 14.2 Å². The summed E-state index contributed by atoms with van der Waals surface area (Å²) in [5, 5.41) is 10.7. The summed E-state index contributed by atoms with van der Waals surface area (Å²) in [6, 6.07) is 6.09. The molecule has 6 heteroatoms. The lowest BCUT2D eigenvalue weighted by molar-refractivity contribution is -0.0568. The van der Waals surface area contributed by atoms with Crippen molar-refractivity contribution in [3.05, 3.63) is 53.4 Å². The summed E-state index contributed by atoms with van der Waals surface area (Å²) in [6.07, 6.45) is 3.77. The number of hydrogen-bond acceptors (Lipinski definition) is 4. The van der Waals surface area contributed by atoms with Crippen LogP contribution in [-0.2, 0) is 16.7 Å². The number of nitrogens with one attached hydrogen (secondary N) is 1. The number of ether oxygens (including phenoxy) is 1. The number of benzene rings is 1. The minimum Gasteiger partial charge on any atom is -0.387 e. The van der Waals surface area contributed by atoms with Crippen molar-refractivity contribution in [2.45, 2.75) is 30.9 Å². The highest BCUT2D eigenvalue weighted by molar-refractivity contribution is 5.27. The molecular formula is C18H22FN3O2. The molecule has 1 atom stereocenters. The molecule has 1 aromatic carbocycles. The third-order valence-electron chi connectivity index (χ3n) is 5.36. The van der Waals surface area contributed by atoms with Crippen LogP contribution in [0.25, 0.3) is 0 Å². The molecule has 1 spiro atoms. The number of hydrogen-bond donors (Lipinski definition) is 2. The monoisotopic (exact) mass is 331 g/mol. The Labute approximate surface area is 140 Å². The van der Waals surface area contributed by atoms with E-state index in [1.165, 1.54) is 17.8 Å². The van der Waals surface area contributed by atoms with Gasteiger partial charge < -0.3 is 14.8 Å². The van der Waals surface area contributed by atoms with Gasteiger partial charge in [0.1, 0.15) is 5.82 Å². The highest BCUT2D eigenvalue weighted by atomic mass is 19.1. The van der Waals surface area contributed by atoms with Crippen LogP contribution in [0, 0.1) is 5.82 Å². The van der Waals surface area contributed by atoms with Crippen LogP contribution in [0.3, 0.4) is 0 Å². The van der Waals surface area contributed by atoms with Crippen LogP contribution in [0.2, 0.25) is 0 Å². The summed E-state index contributed by atoms with van der Waals surface area (Å²) in [6.45, 7) is 2.79. The molecule has 1 unspecified atom stereocenters. The van der Waals surface area contributed by atoms with Crippen LogP contribution in [0.4, 0.5) is 4.39 Å². The van der Waals surface area contributed by atoms with Gasteiger partial charge in [-0.1, -0.05) is 12.1 Å². The standard InChI is InChI=1S/C18H22FN3O2/c19-14-3-1-13(2-4-14)16(23)11-22-8-5-15-17(21-12-20-15)18(22)6-9-24-10-7-18/h1-4,12,16,23H,5-11H2,(H,20,21). The molecule has 0 bridgehead atoms. The highest BCUT2D eigenvalue weighted by Crippen LogP contribution is 2.42. The minimum absolute atomic E-state index is 0.174. The van der Waals surface area contributed by atoms with E-state index in [-0.39, 0.29) is 11.4 Å². The number of aromatic amines is 1. The second kappa shape index (κ2) is 6.27. The van der Waals surface area contributed by atoms with Gasteiger partial charge in [0, 0.05) is 38.4 Å². The fraction of sp³-hybridized carbons (Fsp3) is 0.500. The highest BCUT2D eigenvalue weighted by Gasteiger charge is 2.46. The quantitative estimate of drug-likeness (QED) is 0.905. The molecule has 1 saturated heterocycles. The molecule has 4 rings (SSSR count). The number of imidazole rings is 1. The van der Waals surface area contributed by atoms with Crippen LogP contribution in [0.5, 0.6) is 0 Å². The van der Waals surface area contributed by atoms with E-state index in [0.29, 0.717) is 19.8 Å². The Bertz CT molecular complexity index is 695. The molecule has 1 fully saturated rings. The second-order valence-corrected chi connectivity index (χ2v) is 6.64. The van der Waals surface area contributed by atoms with E-state index < -0.39 is 6.10 Å². The van der Waals surface area contributed by atoms with Crippen molar-refractivity contribution in [3.63, 3.8) is 0 Å². The van der Waals surface area contributed by atoms with Gasteiger partial charge in [0.2, 0.25) is 0 Å². The Kier molecular flexibility index (Phi) is 4.12. The first-order chi connectivity index (χ1) is 11.7. The maximum atomic E-state index is 13.1. The normalized spacial score (nSPS) is 21.6. The van der Waals surface area contributed by atoms with Gasteiger partial charge in [0.05, 0.1) is 23.7 Å². The summed E-state index contributed by atoms with van der Waals surface area (Å²) in [5.74, 6) is -0.286. The second-order valence-electron chi connectivity index (χ2n) is 6.64. The number of β-amino-alcohol motifs (C(OH)–C–C–N with tert-alkyl or cyclic N) is 1. The third kappa shape index (κ3) is 2.64. The van der Waals surface area contributed by atoms with E-state index in [1.807, 2.05) is 0 Å². The van der Waals surface area contributed by atoms with Crippen molar-refractivity contribution in [1.29, 1.82) is 0 Å². The maximum Gasteiger partial charge on any atom is 0.123 e. The minimum atomic E-state index is -0.647. The van der Waals surface area contributed by atoms with Gasteiger partial charge in [-0.2, -0.15) is 0 Å². The van der Waals surface area contributed by atoms with E-state index in [0.717, 1.165) is 37.1 Å². The number of halogens is 1. The van der Waals surface area contributed by atoms with Crippen LogP contribution >= 0.6 is 0 Å². The van der Waals surface area contributed by atoms with E-state index in [4.69, 9.17) is 4.74 Å². The zero-order valence-electron chi connectivity index (χ0n) is 13.5. The van der Waals surface area contributed by atoms with Gasteiger partial charge in [-0.25, -0.2) is 9.37 Å². The number of nitrogens with zero attached hydrogens (tertiary/aromatic N) is 2. The average Bonchev–Trinajstić information content (AvgIpc) is 3.09. The average molecular weight is 331 g/mol. The van der Waals surface area contributed by atoms with E-state index in [2.05, 4.69) is 14.9 Å². The molecule has 2 aliphatic rings. The van der Waals surface area contributed by atoms with Gasteiger partial charge in [0.25, 0.3) is 0 Å². The smallest absolute Gasteiger partial charge is 0.123 e. The first-order valence-corrected chi connectivity index (χ1v) is 8.48. The Morgan fingerprint density at radius 3 is 2.79 bits per heavy atom. The maximum absolute atomic E-state index is 13.1. The molecule has 3 heterocycles. The summed E-state index contributed by atoms with van der Waals surface area (Å²) < 4.78 is 18.7. The fourth-order valence-corrected chi connectivity index (χ4v) is 4.05. The van der Waals surface area contributed by atoms with Crippen molar-refractivity contribution in [2.75, 3.05) is 26.3 Å². The predicted octanol–water partition coefficient (Wildman–Crippen LogP) is 2.15. The van der Waals surface area contributed by atoms with Crippen molar-refractivity contribution in [2.24, 2.45) is 0 Å². The lowest BCUT2D eigenvalue weighted by atomic mass is 9.80. The van der Waals surface area contributed by atoms with Gasteiger partial charge in [-0.3, -0.25) is 4.90 Å². The lowest BCUT2D eigenvalue weighted by Crippen LogP contribution is -2.54. The number of aromatic nitrogens is 2. The molecule has 0 aliphatic carbocycles. The zero-order chi connectivity index (χ0) is 16.6. The number of rotatable bonds is 3. The van der Waals surface area contributed by atoms with Crippen LogP contribution < -0.4 is 0 Å². The molecule has 5 nitrogen and oxygen atoms in total. The molecule has 24 heavy (non-hydrogen) atoms. The molecule has 128 valence electrons. The third-order valence-corrected chi connectivity index (χ3v) is 5.36. The summed E-state index contributed by atoms with van der Waals surface area (Å²) in [4.78, 5) is 10.2. The van der Waals surface area contributed by atoms with Gasteiger partial charge in [-0.15, -0.1) is 0 Å². The first kappa shape index (κ1) is 15.7. The molecule has 2 aromatic rings. The molecule has 0 amide bonds. The molecule has 1 aromatic heterocycles. The SMILES string of the molecule is OC(CN1CCc2[nH]cnc2C12CCOCC2)c1ccc(F)cc1. The summed E-state index contributed by atoms with van der Waals surface area (Å²) >= 11 is 0. The fourth-order valence-electron chi connectivity index (χ4n) is 4.05. The van der Waals surface area contributed by atoms with Gasteiger partial charge >= 0.3 is 0 Å². The van der Waals surface area contributed by atoms with E-state index in [9.17, 15) is 9.50 Å². The number of aliphatic hydroxyl groups is 1. The number of fused-ring (bicyclic) bond motifs is 2.